The van der Waals surface area contributed by atoms with E-state index in [-0.39, 0.29) is 19.1 Å². The van der Waals surface area contributed by atoms with Crippen LogP contribution in [0, 0.1) is 5.92 Å². The number of nitrogens with two attached hydrogens (primary N) is 1. The Morgan fingerprint density at radius 1 is 1.48 bits per heavy atom. The number of rotatable bonds is 3. The number of aliphatic hydroxyl groups excluding tert-OH is 1. The van der Waals surface area contributed by atoms with E-state index in [1.165, 1.54) is 0 Å². The molecule has 1 saturated heterocycles. The van der Waals surface area contributed by atoms with Crippen LogP contribution in [0.4, 0.5) is 17.1 Å². The van der Waals surface area contributed by atoms with E-state index < -0.39 is 0 Å². The number of fused-ring (bicyclic) bond motifs is 1. The van der Waals surface area contributed by atoms with Gasteiger partial charge < -0.3 is 25.8 Å². The molecule has 6 heteroatoms. The number of amides is 1. The van der Waals surface area contributed by atoms with Crippen LogP contribution in [0.5, 0.6) is 5.75 Å². The van der Waals surface area contributed by atoms with Gasteiger partial charge >= 0.3 is 0 Å². The first-order valence-electron chi connectivity index (χ1n) is 7.39. The zero-order valence-corrected chi connectivity index (χ0v) is 12.0. The molecule has 2 heterocycles. The normalized spacial score (nSPS) is 21.5. The van der Waals surface area contributed by atoms with Gasteiger partial charge in [-0.1, -0.05) is 0 Å². The van der Waals surface area contributed by atoms with E-state index in [2.05, 4.69) is 10.2 Å². The van der Waals surface area contributed by atoms with Gasteiger partial charge in [-0.3, -0.25) is 4.79 Å². The monoisotopic (exact) mass is 291 g/mol. The minimum atomic E-state index is -0.143. The van der Waals surface area contributed by atoms with Gasteiger partial charge in [-0.05, 0) is 31.2 Å². The molecule has 1 unspecified atom stereocenters. The van der Waals surface area contributed by atoms with Crippen molar-refractivity contribution >= 4 is 23.0 Å². The average Bonchev–Trinajstić information content (AvgIpc) is 2.48. The van der Waals surface area contributed by atoms with Crippen LogP contribution >= 0.6 is 0 Å². The van der Waals surface area contributed by atoms with Gasteiger partial charge in [0.2, 0.25) is 0 Å². The highest BCUT2D eigenvalue weighted by atomic mass is 16.5. The number of hydrogen-bond acceptors (Lipinski definition) is 5. The number of carbonyl (C=O) groups is 1. The number of ether oxygens (including phenoxy) is 1. The van der Waals surface area contributed by atoms with Crippen LogP contribution in [-0.2, 0) is 4.79 Å². The van der Waals surface area contributed by atoms with Gasteiger partial charge in [-0.25, -0.2) is 0 Å². The first kappa shape index (κ1) is 14.0. The van der Waals surface area contributed by atoms with Crippen LogP contribution in [0.3, 0.4) is 0 Å². The van der Waals surface area contributed by atoms with Crippen LogP contribution in [0.1, 0.15) is 19.3 Å². The maximum atomic E-state index is 11.4. The summed E-state index contributed by atoms with van der Waals surface area (Å²) in [4.78, 5) is 13.7. The Kier molecular flexibility index (Phi) is 3.88. The lowest BCUT2D eigenvalue weighted by atomic mass is 9.94. The quantitative estimate of drug-likeness (QED) is 0.728. The van der Waals surface area contributed by atoms with E-state index in [4.69, 9.17) is 15.6 Å². The van der Waals surface area contributed by atoms with Crippen molar-refractivity contribution in [1.82, 2.24) is 0 Å². The Labute approximate surface area is 123 Å². The van der Waals surface area contributed by atoms with Crippen molar-refractivity contribution in [3.8, 4) is 5.75 Å². The molecule has 114 valence electrons. The molecule has 1 atom stereocenters. The minimum absolute atomic E-state index is 0.0358. The Balaban J connectivity index is 1.84. The van der Waals surface area contributed by atoms with E-state index >= 15 is 0 Å². The van der Waals surface area contributed by atoms with Gasteiger partial charge in [0.25, 0.3) is 5.91 Å². The van der Waals surface area contributed by atoms with Gasteiger partial charge in [0.1, 0.15) is 5.75 Å². The lowest BCUT2D eigenvalue weighted by Crippen LogP contribution is -2.36. The Hall–Kier alpha value is -1.95. The molecule has 2 aliphatic heterocycles. The number of aliphatic hydroxyl groups is 1. The molecule has 0 bridgehead atoms. The summed E-state index contributed by atoms with van der Waals surface area (Å²) in [5.41, 5.74) is 8.42. The third-order valence-corrected chi connectivity index (χ3v) is 4.16. The smallest absolute Gasteiger partial charge is 0.262 e. The highest BCUT2D eigenvalue weighted by Gasteiger charge is 2.24. The topological polar surface area (TPSA) is 87.8 Å². The number of nitrogen functional groups attached to an aromatic ring is 1. The standard InChI is InChI=1S/C15H21N3O3/c16-11-6-14-12(17-15(20)9-21-14)7-13(11)18-4-1-2-10(8-18)3-5-19/h6-7,10,19H,1-5,8-9,16H2,(H,17,20). The molecular weight excluding hydrogens is 270 g/mol. The SMILES string of the molecule is Nc1cc2c(cc1N1CCCC(CCO)C1)NC(=O)CO2. The molecule has 4 N–H and O–H groups in total. The zero-order chi connectivity index (χ0) is 14.8. The molecule has 0 spiro atoms. The summed E-state index contributed by atoms with van der Waals surface area (Å²) in [6.45, 7) is 2.09. The van der Waals surface area contributed by atoms with Gasteiger partial charge in [0.15, 0.2) is 6.61 Å². The van der Waals surface area contributed by atoms with E-state index in [0.29, 0.717) is 23.0 Å². The van der Waals surface area contributed by atoms with Crippen molar-refractivity contribution in [1.29, 1.82) is 0 Å². The van der Waals surface area contributed by atoms with Crippen molar-refractivity contribution in [3.63, 3.8) is 0 Å². The summed E-state index contributed by atoms with van der Waals surface area (Å²) in [6.07, 6.45) is 3.05. The fourth-order valence-electron chi connectivity index (χ4n) is 3.11. The maximum Gasteiger partial charge on any atom is 0.262 e. The van der Waals surface area contributed by atoms with Crippen molar-refractivity contribution < 1.29 is 14.6 Å². The third-order valence-electron chi connectivity index (χ3n) is 4.16. The van der Waals surface area contributed by atoms with Crippen molar-refractivity contribution in [2.75, 3.05) is 42.3 Å². The van der Waals surface area contributed by atoms with E-state index in [0.717, 1.165) is 38.0 Å². The number of nitrogens with zero attached hydrogens (tertiary/aromatic N) is 1. The molecule has 21 heavy (non-hydrogen) atoms. The molecule has 0 radical (unpaired) electrons. The van der Waals surface area contributed by atoms with Gasteiger partial charge in [-0.2, -0.15) is 0 Å². The number of benzene rings is 1. The van der Waals surface area contributed by atoms with Gasteiger partial charge in [0.05, 0.1) is 17.1 Å². The van der Waals surface area contributed by atoms with Crippen LogP contribution in [0.2, 0.25) is 0 Å². The second kappa shape index (κ2) is 5.81. The molecule has 0 saturated carbocycles. The molecule has 0 aromatic heterocycles. The number of carbonyl (C=O) groups excluding carboxylic acids is 1. The Morgan fingerprint density at radius 3 is 3.14 bits per heavy atom. The summed E-state index contributed by atoms with van der Waals surface area (Å²) < 4.78 is 5.37. The lowest BCUT2D eigenvalue weighted by Gasteiger charge is -2.35. The Bertz CT molecular complexity index is 545. The second-order valence-electron chi connectivity index (χ2n) is 5.71. The largest absolute Gasteiger partial charge is 0.482 e. The lowest BCUT2D eigenvalue weighted by molar-refractivity contribution is -0.118. The third kappa shape index (κ3) is 2.90. The average molecular weight is 291 g/mol. The van der Waals surface area contributed by atoms with E-state index in [1.807, 2.05) is 6.07 Å². The predicted molar refractivity (Wildman–Crippen MR) is 81.6 cm³/mol. The van der Waals surface area contributed by atoms with Gasteiger partial charge in [-0.15, -0.1) is 0 Å². The first-order valence-corrected chi connectivity index (χ1v) is 7.39. The number of anilines is 3. The van der Waals surface area contributed by atoms with Crippen LogP contribution in [0.25, 0.3) is 0 Å². The van der Waals surface area contributed by atoms with E-state index in [1.54, 1.807) is 6.07 Å². The summed E-state index contributed by atoms with van der Waals surface area (Å²) in [5, 5.41) is 11.9. The first-order chi connectivity index (χ1) is 10.2. The number of piperidine rings is 1. The molecule has 6 nitrogen and oxygen atoms in total. The molecule has 3 rings (SSSR count). The summed E-state index contributed by atoms with van der Waals surface area (Å²) in [5.74, 6) is 0.972. The summed E-state index contributed by atoms with van der Waals surface area (Å²) in [6, 6.07) is 3.67. The predicted octanol–water partition coefficient (Wildman–Crippen LogP) is 1.20. The second-order valence-corrected chi connectivity index (χ2v) is 5.71. The number of nitrogens with one attached hydrogen (secondary N) is 1. The molecule has 1 aromatic carbocycles. The highest BCUT2D eigenvalue weighted by Crippen LogP contribution is 2.38. The molecular formula is C15H21N3O3. The molecule has 1 fully saturated rings. The van der Waals surface area contributed by atoms with Crippen LogP contribution < -0.4 is 20.7 Å². The zero-order valence-electron chi connectivity index (χ0n) is 12.0. The molecule has 0 aliphatic carbocycles. The van der Waals surface area contributed by atoms with Crippen LogP contribution in [-0.4, -0.2) is 37.3 Å². The minimum Gasteiger partial charge on any atom is -0.482 e. The summed E-state index contributed by atoms with van der Waals surface area (Å²) >= 11 is 0. The highest BCUT2D eigenvalue weighted by molar-refractivity contribution is 5.97. The van der Waals surface area contributed by atoms with Crippen molar-refractivity contribution in [2.24, 2.45) is 5.92 Å². The van der Waals surface area contributed by atoms with E-state index in [9.17, 15) is 4.79 Å². The van der Waals surface area contributed by atoms with Gasteiger partial charge in [0, 0.05) is 25.8 Å². The fraction of sp³-hybridized carbons (Fsp3) is 0.533. The summed E-state index contributed by atoms with van der Waals surface area (Å²) in [7, 11) is 0. The number of hydrogen-bond donors (Lipinski definition) is 3. The van der Waals surface area contributed by atoms with Crippen molar-refractivity contribution in [2.45, 2.75) is 19.3 Å². The fourth-order valence-corrected chi connectivity index (χ4v) is 3.11. The molecule has 2 aliphatic rings. The van der Waals surface area contributed by atoms with Crippen LogP contribution in [0.15, 0.2) is 12.1 Å². The molecule has 1 aromatic rings. The molecule has 1 amide bonds. The Morgan fingerprint density at radius 2 is 2.33 bits per heavy atom. The maximum absolute atomic E-state index is 11.4. The van der Waals surface area contributed by atoms with Crippen molar-refractivity contribution in [3.05, 3.63) is 12.1 Å².